The number of hydrogen-bond acceptors (Lipinski definition) is 3. The largest absolute Gasteiger partial charge is 0.353 e. The standard InChI is InChI=1S/C13H27N3O/c1-4-7-16-8-5-12(6-9-16)15-13(17)11(2)10-14-3/h11-12,14H,4-10H2,1-3H3,(H,15,17). The first-order chi connectivity index (χ1) is 8.17. The first-order valence-corrected chi connectivity index (χ1v) is 6.84. The normalized spacial score (nSPS) is 20.2. The van der Waals surface area contributed by atoms with Crippen LogP contribution < -0.4 is 10.6 Å². The average Bonchev–Trinajstić information content (AvgIpc) is 2.32. The van der Waals surface area contributed by atoms with E-state index in [0.717, 1.165) is 32.5 Å². The topological polar surface area (TPSA) is 44.4 Å². The van der Waals surface area contributed by atoms with E-state index in [1.807, 2.05) is 14.0 Å². The van der Waals surface area contributed by atoms with Crippen LogP contribution in [0.4, 0.5) is 0 Å². The monoisotopic (exact) mass is 241 g/mol. The van der Waals surface area contributed by atoms with Gasteiger partial charge >= 0.3 is 0 Å². The molecule has 0 aromatic carbocycles. The third-order valence-electron chi connectivity index (χ3n) is 3.43. The van der Waals surface area contributed by atoms with Crippen LogP contribution >= 0.6 is 0 Å². The quantitative estimate of drug-likeness (QED) is 0.724. The van der Waals surface area contributed by atoms with E-state index in [2.05, 4.69) is 22.5 Å². The van der Waals surface area contributed by atoms with E-state index in [1.54, 1.807) is 0 Å². The summed E-state index contributed by atoms with van der Waals surface area (Å²) in [6, 6.07) is 0.384. The molecule has 1 rings (SSSR count). The molecule has 0 bridgehead atoms. The van der Waals surface area contributed by atoms with Gasteiger partial charge in [0.15, 0.2) is 0 Å². The molecule has 1 aliphatic rings. The highest BCUT2D eigenvalue weighted by molar-refractivity contribution is 5.78. The van der Waals surface area contributed by atoms with Crippen molar-refractivity contribution < 1.29 is 4.79 Å². The number of likely N-dealkylation sites (tertiary alicyclic amines) is 1. The molecule has 1 unspecified atom stereocenters. The van der Waals surface area contributed by atoms with Gasteiger partial charge in [0.25, 0.3) is 0 Å². The van der Waals surface area contributed by atoms with Crippen molar-refractivity contribution in [2.45, 2.75) is 39.2 Å². The maximum Gasteiger partial charge on any atom is 0.224 e. The van der Waals surface area contributed by atoms with Crippen molar-refractivity contribution in [2.75, 3.05) is 33.2 Å². The lowest BCUT2D eigenvalue weighted by atomic mass is 10.0. The fourth-order valence-corrected chi connectivity index (χ4v) is 2.36. The first kappa shape index (κ1) is 14.5. The summed E-state index contributed by atoms with van der Waals surface area (Å²) in [6.45, 7) is 8.38. The molecule has 0 saturated carbocycles. The van der Waals surface area contributed by atoms with Crippen molar-refractivity contribution >= 4 is 5.91 Å². The van der Waals surface area contributed by atoms with Gasteiger partial charge < -0.3 is 15.5 Å². The highest BCUT2D eigenvalue weighted by Crippen LogP contribution is 2.11. The van der Waals surface area contributed by atoms with Crippen LogP contribution in [-0.4, -0.2) is 50.1 Å². The number of carbonyl (C=O) groups excluding carboxylic acids is 1. The summed E-state index contributed by atoms with van der Waals surface area (Å²) in [7, 11) is 1.88. The van der Waals surface area contributed by atoms with Crippen LogP contribution in [0.3, 0.4) is 0 Å². The van der Waals surface area contributed by atoms with Crippen molar-refractivity contribution in [3.8, 4) is 0 Å². The molecule has 100 valence electrons. The second kappa shape index (κ2) is 7.67. The third kappa shape index (κ3) is 5.04. The number of amides is 1. The second-order valence-corrected chi connectivity index (χ2v) is 5.08. The molecular formula is C13H27N3O. The first-order valence-electron chi connectivity index (χ1n) is 6.84. The molecule has 4 nitrogen and oxygen atoms in total. The molecule has 0 spiro atoms. The molecule has 0 radical (unpaired) electrons. The molecule has 0 aromatic rings. The lowest BCUT2D eigenvalue weighted by molar-refractivity contribution is -0.125. The summed E-state index contributed by atoms with van der Waals surface area (Å²) in [5.74, 6) is 0.252. The Balaban J connectivity index is 2.23. The maximum absolute atomic E-state index is 11.8. The molecule has 1 amide bonds. The molecule has 1 atom stereocenters. The summed E-state index contributed by atoms with van der Waals surface area (Å²) in [4.78, 5) is 14.3. The molecular weight excluding hydrogens is 214 g/mol. The van der Waals surface area contributed by atoms with Gasteiger partial charge in [0.1, 0.15) is 0 Å². The molecule has 0 aromatic heterocycles. The van der Waals surface area contributed by atoms with Gasteiger partial charge in [0.2, 0.25) is 5.91 Å². The van der Waals surface area contributed by atoms with Crippen LogP contribution in [0, 0.1) is 5.92 Å². The van der Waals surface area contributed by atoms with Crippen LogP contribution in [-0.2, 0) is 4.79 Å². The fourth-order valence-electron chi connectivity index (χ4n) is 2.36. The lowest BCUT2D eigenvalue weighted by Gasteiger charge is -2.32. The lowest BCUT2D eigenvalue weighted by Crippen LogP contribution is -2.47. The SMILES string of the molecule is CCCN1CCC(NC(=O)C(C)CNC)CC1. The van der Waals surface area contributed by atoms with Crippen LogP contribution in [0.25, 0.3) is 0 Å². The van der Waals surface area contributed by atoms with E-state index in [9.17, 15) is 4.79 Å². The van der Waals surface area contributed by atoms with Crippen LogP contribution in [0.15, 0.2) is 0 Å². The van der Waals surface area contributed by atoms with Crippen molar-refractivity contribution in [3.05, 3.63) is 0 Å². The number of piperidine rings is 1. The Hall–Kier alpha value is -0.610. The number of nitrogens with one attached hydrogen (secondary N) is 2. The zero-order valence-electron chi connectivity index (χ0n) is 11.5. The van der Waals surface area contributed by atoms with Crippen molar-refractivity contribution in [1.29, 1.82) is 0 Å². The van der Waals surface area contributed by atoms with Gasteiger partial charge in [-0.25, -0.2) is 0 Å². The number of carbonyl (C=O) groups is 1. The van der Waals surface area contributed by atoms with Gasteiger partial charge in [-0.15, -0.1) is 0 Å². The maximum atomic E-state index is 11.8. The van der Waals surface area contributed by atoms with Crippen molar-refractivity contribution in [3.63, 3.8) is 0 Å². The molecule has 1 saturated heterocycles. The van der Waals surface area contributed by atoms with E-state index < -0.39 is 0 Å². The van der Waals surface area contributed by atoms with Gasteiger partial charge in [-0.1, -0.05) is 13.8 Å². The zero-order valence-corrected chi connectivity index (χ0v) is 11.5. The zero-order chi connectivity index (χ0) is 12.7. The van der Waals surface area contributed by atoms with Gasteiger partial charge in [-0.3, -0.25) is 4.79 Å². The van der Waals surface area contributed by atoms with E-state index in [0.29, 0.717) is 6.04 Å². The van der Waals surface area contributed by atoms with E-state index in [1.165, 1.54) is 13.0 Å². The fraction of sp³-hybridized carbons (Fsp3) is 0.923. The summed E-state index contributed by atoms with van der Waals surface area (Å²) in [5.41, 5.74) is 0. The average molecular weight is 241 g/mol. The Labute approximate surface area is 105 Å². The Morgan fingerprint density at radius 1 is 1.41 bits per heavy atom. The van der Waals surface area contributed by atoms with E-state index in [4.69, 9.17) is 0 Å². The number of nitrogens with zero attached hydrogens (tertiary/aromatic N) is 1. The minimum Gasteiger partial charge on any atom is -0.353 e. The predicted molar refractivity (Wildman–Crippen MR) is 71.0 cm³/mol. The molecule has 1 heterocycles. The minimum absolute atomic E-state index is 0.0636. The molecule has 0 aliphatic carbocycles. The van der Waals surface area contributed by atoms with Crippen LogP contribution in [0.1, 0.15) is 33.1 Å². The molecule has 1 aliphatic heterocycles. The van der Waals surface area contributed by atoms with E-state index >= 15 is 0 Å². The van der Waals surface area contributed by atoms with Crippen molar-refractivity contribution in [2.24, 2.45) is 5.92 Å². The molecule has 1 fully saturated rings. The third-order valence-corrected chi connectivity index (χ3v) is 3.43. The molecule has 2 N–H and O–H groups in total. The van der Waals surface area contributed by atoms with Gasteiger partial charge in [0.05, 0.1) is 0 Å². The summed E-state index contributed by atoms with van der Waals surface area (Å²) < 4.78 is 0. The highest BCUT2D eigenvalue weighted by atomic mass is 16.1. The smallest absolute Gasteiger partial charge is 0.224 e. The Morgan fingerprint density at radius 2 is 2.06 bits per heavy atom. The second-order valence-electron chi connectivity index (χ2n) is 5.08. The minimum atomic E-state index is 0.0636. The summed E-state index contributed by atoms with van der Waals surface area (Å²) in [5, 5.41) is 6.20. The van der Waals surface area contributed by atoms with Gasteiger partial charge in [-0.2, -0.15) is 0 Å². The van der Waals surface area contributed by atoms with Gasteiger partial charge in [0, 0.05) is 31.6 Å². The summed E-state index contributed by atoms with van der Waals surface area (Å²) >= 11 is 0. The highest BCUT2D eigenvalue weighted by Gasteiger charge is 2.21. The van der Waals surface area contributed by atoms with E-state index in [-0.39, 0.29) is 11.8 Å². The van der Waals surface area contributed by atoms with Crippen molar-refractivity contribution in [1.82, 2.24) is 15.5 Å². The molecule has 4 heteroatoms. The number of rotatable bonds is 6. The Kier molecular flexibility index (Phi) is 6.52. The Bertz CT molecular complexity index is 225. The van der Waals surface area contributed by atoms with Crippen LogP contribution in [0.2, 0.25) is 0 Å². The molecule has 17 heavy (non-hydrogen) atoms. The predicted octanol–water partition coefficient (Wildman–Crippen LogP) is 0.833. The summed E-state index contributed by atoms with van der Waals surface area (Å²) in [6.07, 6.45) is 3.41. The van der Waals surface area contributed by atoms with Gasteiger partial charge in [-0.05, 0) is 32.9 Å². The Morgan fingerprint density at radius 3 is 2.59 bits per heavy atom. The van der Waals surface area contributed by atoms with Crippen LogP contribution in [0.5, 0.6) is 0 Å². The number of hydrogen-bond donors (Lipinski definition) is 2.